The number of hydrogen-bond acceptors (Lipinski definition) is 4. The lowest BCUT2D eigenvalue weighted by atomic mass is 9.97. The first-order valence-electron chi connectivity index (χ1n) is 7.51. The van der Waals surface area contributed by atoms with E-state index in [1.54, 1.807) is 18.2 Å². The van der Waals surface area contributed by atoms with Gasteiger partial charge in [-0.1, -0.05) is 30.3 Å². The molecule has 0 bridgehead atoms. The molecule has 118 valence electrons. The fourth-order valence-electron chi connectivity index (χ4n) is 2.98. The van der Waals surface area contributed by atoms with E-state index >= 15 is 0 Å². The lowest BCUT2D eigenvalue weighted by Gasteiger charge is -2.24. The van der Waals surface area contributed by atoms with Crippen molar-refractivity contribution in [1.29, 1.82) is 0 Å². The average molecular weight is 328 g/mol. The quantitative estimate of drug-likeness (QED) is 0.916. The van der Waals surface area contributed by atoms with Crippen LogP contribution in [0.4, 0.5) is 0 Å². The lowest BCUT2D eigenvalue weighted by molar-refractivity contribution is 0.227. The highest BCUT2D eigenvalue weighted by atomic mass is 32.2. The molecule has 0 fully saturated rings. The van der Waals surface area contributed by atoms with Crippen LogP contribution in [0.5, 0.6) is 5.75 Å². The minimum atomic E-state index is -3.47. The van der Waals surface area contributed by atoms with Crippen LogP contribution in [0, 0.1) is 5.92 Å². The molecule has 6 heteroatoms. The van der Waals surface area contributed by atoms with Crippen LogP contribution in [-0.2, 0) is 16.4 Å². The Kier molecular flexibility index (Phi) is 3.34. The van der Waals surface area contributed by atoms with Gasteiger partial charge in [-0.3, -0.25) is 9.71 Å². The molecular weight excluding hydrogens is 312 g/mol. The van der Waals surface area contributed by atoms with Gasteiger partial charge in [0.15, 0.2) is 0 Å². The molecule has 0 radical (unpaired) electrons. The molecule has 4 rings (SSSR count). The molecule has 0 aromatic heterocycles. The summed E-state index contributed by atoms with van der Waals surface area (Å²) >= 11 is 0. The van der Waals surface area contributed by atoms with Crippen molar-refractivity contribution >= 4 is 15.9 Å². The van der Waals surface area contributed by atoms with Gasteiger partial charge in [0.2, 0.25) is 0 Å². The van der Waals surface area contributed by atoms with E-state index in [1.807, 2.05) is 24.3 Å². The largest absolute Gasteiger partial charge is 0.493 e. The van der Waals surface area contributed by atoms with Gasteiger partial charge in [-0.25, -0.2) is 8.42 Å². The minimum absolute atomic E-state index is 0.245. The molecule has 2 aromatic rings. The summed E-state index contributed by atoms with van der Waals surface area (Å²) < 4.78 is 32.4. The molecule has 1 N–H and O–H groups in total. The number of amidine groups is 1. The zero-order chi connectivity index (χ0) is 15.9. The lowest BCUT2D eigenvalue weighted by Crippen LogP contribution is -2.26. The van der Waals surface area contributed by atoms with Crippen LogP contribution in [0.3, 0.4) is 0 Å². The summed E-state index contributed by atoms with van der Waals surface area (Å²) in [7, 11) is -3.47. The third-order valence-corrected chi connectivity index (χ3v) is 5.52. The Morgan fingerprint density at radius 3 is 2.83 bits per heavy atom. The monoisotopic (exact) mass is 328 g/mol. The van der Waals surface area contributed by atoms with E-state index in [1.165, 1.54) is 5.56 Å². The molecule has 1 unspecified atom stereocenters. The SMILES string of the molecule is O=S1(=O)NC(=NCC2COc3ccccc3C2)c2ccccc21. The van der Waals surface area contributed by atoms with Crippen molar-refractivity contribution in [2.45, 2.75) is 11.3 Å². The van der Waals surface area contributed by atoms with Crippen LogP contribution in [0.1, 0.15) is 11.1 Å². The third-order valence-electron chi connectivity index (χ3n) is 4.13. The molecular formula is C17H16N2O3S. The van der Waals surface area contributed by atoms with Crippen molar-refractivity contribution in [3.05, 3.63) is 59.7 Å². The molecule has 0 spiro atoms. The van der Waals surface area contributed by atoms with E-state index in [2.05, 4.69) is 15.8 Å². The smallest absolute Gasteiger partial charge is 0.263 e. The highest BCUT2D eigenvalue weighted by molar-refractivity contribution is 7.90. The predicted molar refractivity (Wildman–Crippen MR) is 87.3 cm³/mol. The molecule has 0 amide bonds. The Balaban J connectivity index is 1.55. The van der Waals surface area contributed by atoms with Crippen molar-refractivity contribution in [2.75, 3.05) is 13.2 Å². The van der Waals surface area contributed by atoms with Crippen LogP contribution < -0.4 is 9.46 Å². The van der Waals surface area contributed by atoms with Crippen molar-refractivity contribution < 1.29 is 13.2 Å². The minimum Gasteiger partial charge on any atom is -0.493 e. The molecule has 0 saturated heterocycles. The fourth-order valence-corrected chi connectivity index (χ4v) is 4.23. The van der Waals surface area contributed by atoms with Gasteiger partial charge in [0, 0.05) is 18.0 Å². The number of nitrogens with zero attached hydrogens (tertiary/aromatic N) is 1. The summed E-state index contributed by atoms with van der Waals surface area (Å²) in [6, 6.07) is 14.9. The average Bonchev–Trinajstić information content (AvgIpc) is 2.84. The Labute approximate surface area is 135 Å². The molecule has 0 aliphatic carbocycles. The van der Waals surface area contributed by atoms with Crippen molar-refractivity contribution in [2.24, 2.45) is 10.9 Å². The van der Waals surface area contributed by atoms with Gasteiger partial charge in [0.1, 0.15) is 11.6 Å². The molecule has 23 heavy (non-hydrogen) atoms. The van der Waals surface area contributed by atoms with Crippen LogP contribution >= 0.6 is 0 Å². The zero-order valence-corrected chi connectivity index (χ0v) is 13.2. The maximum absolute atomic E-state index is 12.1. The van der Waals surface area contributed by atoms with E-state index < -0.39 is 10.0 Å². The second-order valence-electron chi connectivity index (χ2n) is 5.78. The van der Waals surface area contributed by atoms with Gasteiger partial charge in [-0.05, 0) is 30.2 Å². The van der Waals surface area contributed by atoms with Gasteiger partial charge >= 0.3 is 0 Å². The summed E-state index contributed by atoms with van der Waals surface area (Å²) in [6.45, 7) is 1.13. The maximum Gasteiger partial charge on any atom is 0.263 e. The van der Waals surface area contributed by atoms with Crippen LogP contribution in [0.25, 0.3) is 0 Å². The summed E-state index contributed by atoms with van der Waals surface area (Å²) in [5.74, 6) is 1.61. The molecule has 2 aliphatic heterocycles. The maximum atomic E-state index is 12.1. The molecule has 5 nitrogen and oxygen atoms in total. The van der Waals surface area contributed by atoms with E-state index in [0.29, 0.717) is 29.4 Å². The summed E-state index contributed by atoms with van der Waals surface area (Å²) in [5.41, 5.74) is 1.82. The number of rotatable bonds is 2. The Hall–Kier alpha value is -2.34. The zero-order valence-electron chi connectivity index (χ0n) is 12.4. The number of ether oxygens (including phenoxy) is 1. The van der Waals surface area contributed by atoms with Crippen molar-refractivity contribution in [3.8, 4) is 5.75 Å². The number of para-hydroxylation sites is 1. The van der Waals surface area contributed by atoms with Crippen molar-refractivity contribution in [1.82, 2.24) is 4.72 Å². The van der Waals surface area contributed by atoms with Gasteiger partial charge in [-0.15, -0.1) is 0 Å². The topological polar surface area (TPSA) is 67.8 Å². The van der Waals surface area contributed by atoms with Crippen LogP contribution in [0.15, 0.2) is 58.4 Å². The summed E-state index contributed by atoms with van der Waals surface area (Å²) in [4.78, 5) is 4.80. The van der Waals surface area contributed by atoms with Gasteiger partial charge in [0.05, 0.1) is 11.5 Å². The van der Waals surface area contributed by atoms with E-state index in [-0.39, 0.29) is 5.92 Å². The van der Waals surface area contributed by atoms with E-state index in [0.717, 1.165) is 12.2 Å². The number of hydrogen-bond donors (Lipinski definition) is 1. The van der Waals surface area contributed by atoms with Crippen molar-refractivity contribution in [3.63, 3.8) is 0 Å². The third kappa shape index (κ3) is 2.59. The van der Waals surface area contributed by atoms with Crippen LogP contribution in [-0.4, -0.2) is 27.4 Å². The number of nitrogens with one attached hydrogen (secondary N) is 1. The first kappa shape index (κ1) is 14.3. The van der Waals surface area contributed by atoms with Crippen LogP contribution in [0.2, 0.25) is 0 Å². The summed E-state index contributed by atoms with van der Waals surface area (Å²) in [5, 5.41) is 0. The molecule has 2 heterocycles. The normalized spacial score (nSPS) is 22.8. The molecule has 0 saturated carbocycles. The van der Waals surface area contributed by atoms with E-state index in [4.69, 9.17) is 4.74 Å². The second kappa shape index (κ2) is 5.38. The Morgan fingerprint density at radius 1 is 1.13 bits per heavy atom. The molecule has 2 aromatic carbocycles. The van der Waals surface area contributed by atoms with Gasteiger partial charge in [-0.2, -0.15) is 0 Å². The Morgan fingerprint density at radius 2 is 1.91 bits per heavy atom. The highest BCUT2D eigenvalue weighted by Crippen LogP contribution is 2.27. The van der Waals surface area contributed by atoms with E-state index in [9.17, 15) is 8.42 Å². The number of fused-ring (bicyclic) bond motifs is 2. The standard InChI is InChI=1S/C17H16N2O3S/c20-23(21)16-8-4-2-6-14(16)17(19-23)18-10-12-9-13-5-1-3-7-15(13)22-11-12/h1-8,12H,9-11H2,(H,18,19). The Bertz CT molecular complexity index is 890. The van der Waals surface area contributed by atoms with Gasteiger partial charge < -0.3 is 4.74 Å². The predicted octanol–water partition coefficient (Wildman–Crippen LogP) is 1.98. The first-order valence-corrected chi connectivity index (χ1v) is 8.99. The first-order chi connectivity index (χ1) is 11.1. The molecule has 2 aliphatic rings. The number of benzene rings is 2. The second-order valence-corrected chi connectivity index (χ2v) is 7.43. The summed E-state index contributed by atoms with van der Waals surface area (Å²) in [6.07, 6.45) is 0.890. The fraction of sp³-hybridized carbons (Fsp3) is 0.235. The highest BCUT2D eigenvalue weighted by Gasteiger charge is 2.30. The number of aliphatic imine (C=N–C) groups is 1. The number of sulfonamides is 1. The molecule has 1 atom stereocenters. The van der Waals surface area contributed by atoms with Gasteiger partial charge in [0.25, 0.3) is 10.0 Å².